The first-order valence-electron chi connectivity index (χ1n) is 7.18. The summed E-state index contributed by atoms with van der Waals surface area (Å²) >= 11 is 6.18. The Hall–Kier alpha value is -1.26. The van der Waals surface area contributed by atoms with Crippen molar-refractivity contribution in [1.29, 1.82) is 0 Å². The Morgan fingerprint density at radius 2 is 2.35 bits per heavy atom. The normalized spacial score (nSPS) is 25.5. The lowest BCUT2D eigenvalue weighted by Crippen LogP contribution is -2.46. The monoisotopic (exact) mass is 293 g/mol. The summed E-state index contributed by atoms with van der Waals surface area (Å²) in [5.74, 6) is 0.335. The Kier molecular flexibility index (Phi) is 3.85. The molecule has 2 unspecified atom stereocenters. The molecule has 0 radical (unpaired) electrons. The SMILES string of the molecule is CNCc1ccc(Cl)cc1N1CCCC2C(=O)NCC21. The van der Waals surface area contributed by atoms with Crippen LogP contribution in [0.3, 0.4) is 0 Å². The average Bonchev–Trinajstić information content (AvgIpc) is 2.83. The fraction of sp³-hybridized carbons (Fsp3) is 0.533. The largest absolute Gasteiger partial charge is 0.366 e. The molecular formula is C15H20ClN3O. The van der Waals surface area contributed by atoms with Crippen LogP contribution in [0.1, 0.15) is 18.4 Å². The summed E-state index contributed by atoms with van der Waals surface area (Å²) in [5, 5.41) is 6.95. The number of halogens is 1. The molecule has 1 amide bonds. The van der Waals surface area contributed by atoms with E-state index < -0.39 is 0 Å². The second kappa shape index (κ2) is 5.62. The van der Waals surface area contributed by atoms with E-state index in [1.54, 1.807) is 0 Å². The van der Waals surface area contributed by atoms with E-state index in [2.05, 4.69) is 21.6 Å². The lowest BCUT2D eigenvalue weighted by Gasteiger charge is -2.39. The number of carbonyl (C=O) groups excluding carboxylic acids is 1. The third-order valence-electron chi connectivity index (χ3n) is 4.33. The van der Waals surface area contributed by atoms with E-state index >= 15 is 0 Å². The van der Waals surface area contributed by atoms with Crippen molar-refractivity contribution < 1.29 is 4.79 Å². The first kappa shape index (κ1) is 13.7. The van der Waals surface area contributed by atoms with Crippen molar-refractivity contribution >= 4 is 23.2 Å². The van der Waals surface area contributed by atoms with Crippen molar-refractivity contribution in [3.05, 3.63) is 28.8 Å². The highest BCUT2D eigenvalue weighted by molar-refractivity contribution is 6.30. The zero-order valence-corrected chi connectivity index (χ0v) is 12.4. The molecule has 5 heteroatoms. The first-order valence-corrected chi connectivity index (χ1v) is 7.56. The molecule has 0 aliphatic carbocycles. The predicted molar refractivity (Wildman–Crippen MR) is 81.1 cm³/mol. The van der Waals surface area contributed by atoms with Crippen molar-refractivity contribution in [1.82, 2.24) is 10.6 Å². The average molecular weight is 294 g/mol. The molecule has 2 fully saturated rings. The van der Waals surface area contributed by atoms with Crippen LogP contribution in [0.4, 0.5) is 5.69 Å². The molecule has 2 atom stereocenters. The lowest BCUT2D eigenvalue weighted by atomic mass is 9.90. The summed E-state index contributed by atoms with van der Waals surface area (Å²) in [6, 6.07) is 6.30. The highest BCUT2D eigenvalue weighted by atomic mass is 35.5. The smallest absolute Gasteiger partial charge is 0.225 e. The number of rotatable bonds is 3. The Labute approximate surface area is 124 Å². The summed E-state index contributed by atoms with van der Waals surface area (Å²) in [5.41, 5.74) is 2.40. The molecule has 20 heavy (non-hydrogen) atoms. The van der Waals surface area contributed by atoms with E-state index in [4.69, 9.17) is 11.6 Å². The molecule has 2 aliphatic heterocycles. The van der Waals surface area contributed by atoms with Gasteiger partial charge in [0.1, 0.15) is 0 Å². The number of amides is 1. The number of nitrogens with zero attached hydrogens (tertiary/aromatic N) is 1. The molecule has 0 saturated carbocycles. The summed E-state index contributed by atoms with van der Waals surface area (Å²) < 4.78 is 0. The maximum Gasteiger partial charge on any atom is 0.225 e. The molecule has 1 aromatic carbocycles. The number of nitrogens with one attached hydrogen (secondary N) is 2. The van der Waals surface area contributed by atoms with Gasteiger partial charge in [0.05, 0.1) is 12.0 Å². The summed E-state index contributed by atoms with van der Waals surface area (Å²) in [6.45, 7) is 2.55. The highest BCUT2D eigenvalue weighted by Crippen LogP contribution is 2.34. The minimum atomic E-state index is 0.130. The number of benzene rings is 1. The number of fused-ring (bicyclic) bond motifs is 1. The van der Waals surface area contributed by atoms with Gasteiger partial charge in [0.15, 0.2) is 0 Å². The van der Waals surface area contributed by atoms with Gasteiger partial charge in [-0.05, 0) is 37.6 Å². The van der Waals surface area contributed by atoms with Gasteiger partial charge >= 0.3 is 0 Å². The molecule has 2 N–H and O–H groups in total. The van der Waals surface area contributed by atoms with Crippen LogP contribution in [0.5, 0.6) is 0 Å². The van der Waals surface area contributed by atoms with Crippen LogP contribution in [0.15, 0.2) is 18.2 Å². The van der Waals surface area contributed by atoms with Crippen LogP contribution in [0.25, 0.3) is 0 Å². The van der Waals surface area contributed by atoms with Gasteiger partial charge in [0, 0.05) is 30.3 Å². The zero-order chi connectivity index (χ0) is 14.1. The molecule has 0 aromatic heterocycles. The van der Waals surface area contributed by atoms with Gasteiger partial charge in [-0.2, -0.15) is 0 Å². The van der Waals surface area contributed by atoms with Crippen LogP contribution in [-0.2, 0) is 11.3 Å². The molecule has 3 rings (SSSR count). The Morgan fingerprint density at radius 1 is 1.50 bits per heavy atom. The van der Waals surface area contributed by atoms with E-state index in [1.165, 1.54) is 5.56 Å². The standard InChI is InChI=1S/C15H20ClN3O/c1-17-8-10-4-5-11(16)7-13(10)19-6-2-3-12-14(19)9-18-15(12)20/h4-5,7,12,14,17H,2-3,6,8-9H2,1H3,(H,18,20). The molecule has 0 bridgehead atoms. The fourth-order valence-electron chi connectivity index (χ4n) is 3.39. The summed E-state index contributed by atoms with van der Waals surface area (Å²) in [7, 11) is 1.94. The van der Waals surface area contributed by atoms with E-state index in [0.29, 0.717) is 0 Å². The summed E-state index contributed by atoms with van der Waals surface area (Å²) in [6.07, 6.45) is 2.05. The van der Waals surface area contributed by atoms with Gasteiger partial charge < -0.3 is 15.5 Å². The third-order valence-corrected chi connectivity index (χ3v) is 4.56. The maximum atomic E-state index is 11.9. The van der Waals surface area contributed by atoms with Crippen LogP contribution >= 0.6 is 11.6 Å². The minimum absolute atomic E-state index is 0.130. The molecule has 2 aliphatic rings. The van der Waals surface area contributed by atoms with Gasteiger partial charge in [-0.15, -0.1) is 0 Å². The Balaban J connectivity index is 1.95. The molecule has 108 valence electrons. The van der Waals surface area contributed by atoms with Crippen molar-refractivity contribution in [2.24, 2.45) is 5.92 Å². The quantitative estimate of drug-likeness (QED) is 0.893. The van der Waals surface area contributed by atoms with E-state index in [1.807, 2.05) is 19.2 Å². The second-order valence-electron chi connectivity index (χ2n) is 5.56. The van der Waals surface area contributed by atoms with E-state index in [-0.39, 0.29) is 17.9 Å². The lowest BCUT2D eigenvalue weighted by molar-refractivity contribution is -0.122. The molecule has 2 heterocycles. The fourth-order valence-corrected chi connectivity index (χ4v) is 3.56. The van der Waals surface area contributed by atoms with E-state index in [9.17, 15) is 4.79 Å². The zero-order valence-electron chi connectivity index (χ0n) is 11.7. The number of piperidine rings is 1. The van der Waals surface area contributed by atoms with Gasteiger partial charge in [-0.3, -0.25) is 4.79 Å². The van der Waals surface area contributed by atoms with E-state index in [0.717, 1.165) is 43.2 Å². The Bertz CT molecular complexity index is 520. The maximum absolute atomic E-state index is 11.9. The van der Waals surface area contributed by atoms with Crippen LogP contribution in [0.2, 0.25) is 5.02 Å². The van der Waals surface area contributed by atoms with Crippen LogP contribution < -0.4 is 15.5 Å². The number of hydrogen-bond donors (Lipinski definition) is 2. The second-order valence-corrected chi connectivity index (χ2v) is 5.99. The third kappa shape index (κ3) is 2.38. The predicted octanol–water partition coefficient (Wildman–Crippen LogP) is 1.77. The van der Waals surface area contributed by atoms with Gasteiger partial charge in [0.2, 0.25) is 5.91 Å². The topological polar surface area (TPSA) is 44.4 Å². The first-order chi connectivity index (χ1) is 9.70. The molecule has 2 saturated heterocycles. The van der Waals surface area contributed by atoms with Gasteiger partial charge in [0.25, 0.3) is 0 Å². The van der Waals surface area contributed by atoms with Gasteiger partial charge in [-0.1, -0.05) is 17.7 Å². The molecule has 1 aromatic rings. The molecular weight excluding hydrogens is 274 g/mol. The summed E-state index contributed by atoms with van der Waals surface area (Å²) in [4.78, 5) is 14.3. The Morgan fingerprint density at radius 3 is 3.15 bits per heavy atom. The minimum Gasteiger partial charge on any atom is -0.366 e. The van der Waals surface area contributed by atoms with Crippen LogP contribution in [-0.4, -0.2) is 32.1 Å². The number of anilines is 1. The number of carbonyl (C=O) groups is 1. The number of hydrogen-bond acceptors (Lipinski definition) is 3. The van der Waals surface area contributed by atoms with Gasteiger partial charge in [-0.25, -0.2) is 0 Å². The van der Waals surface area contributed by atoms with Crippen molar-refractivity contribution in [3.63, 3.8) is 0 Å². The van der Waals surface area contributed by atoms with Crippen molar-refractivity contribution in [3.8, 4) is 0 Å². The van der Waals surface area contributed by atoms with Crippen molar-refractivity contribution in [2.45, 2.75) is 25.4 Å². The molecule has 0 spiro atoms. The molecule has 4 nitrogen and oxygen atoms in total. The van der Waals surface area contributed by atoms with Crippen LogP contribution in [0, 0.1) is 5.92 Å². The van der Waals surface area contributed by atoms with Crippen molar-refractivity contribution in [2.75, 3.05) is 25.0 Å². The highest BCUT2D eigenvalue weighted by Gasteiger charge is 2.41.